The number of amides is 1. The first kappa shape index (κ1) is 17.7. The standard InChI is InChI=1S/C22H20N4O2/c1-16-8-10-18(11-9-16)25(15-19-6-5-13-28-19)22(27)20-14-24-26(17(20)2)21-7-3-4-12-23-21/h3-14H,15H2,1-2H3. The molecule has 0 atom stereocenters. The minimum atomic E-state index is -0.139. The average Bonchev–Trinajstić information content (AvgIpc) is 3.37. The molecule has 1 aromatic carbocycles. The van der Waals surface area contributed by atoms with E-state index in [1.54, 1.807) is 28.2 Å². The molecular weight excluding hydrogens is 352 g/mol. The smallest absolute Gasteiger partial charge is 0.262 e. The maximum Gasteiger partial charge on any atom is 0.262 e. The number of pyridine rings is 1. The number of aromatic nitrogens is 3. The number of hydrogen-bond acceptors (Lipinski definition) is 4. The molecule has 0 fully saturated rings. The van der Waals surface area contributed by atoms with Gasteiger partial charge in [-0.1, -0.05) is 23.8 Å². The number of carbonyl (C=O) groups is 1. The molecule has 28 heavy (non-hydrogen) atoms. The Kier molecular flexibility index (Phi) is 4.76. The van der Waals surface area contributed by atoms with Crippen LogP contribution in [0.5, 0.6) is 0 Å². The molecule has 0 N–H and O–H groups in total. The molecule has 0 aliphatic rings. The molecule has 3 heterocycles. The fourth-order valence-corrected chi connectivity index (χ4v) is 3.04. The second-order valence-corrected chi connectivity index (χ2v) is 6.55. The summed E-state index contributed by atoms with van der Waals surface area (Å²) in [5, 5.41) is 4.38. The van der Waals surface area contributed by atoms with Crippen LogP contribution in [0.3, 0.4) is 0 Å². The van der Waals surface area contributed by atoms with Crippen LogP contribution in [-0.4, -0.2) is 20.7 Å². The van der Waals surface area contributed by atoms with Crippen LogP contribution >= 0.6 is 0 Å². The molecule has 4 rings (SSSR count). The SMILES string of the molecule is Cc1ccc(N(Cc2ccco2)C(=O)c2cnn(-c3ccccn3)c2C)cc1. The van der Waals surface area contributed by atoms with E-state index < -0.39 is 0 Å². The Morgan fingerprint density at radius 2 is 1.89 bits per heavy atom. The normalized spacial score (nSPS) is 10.8. The number of aryl methyl sites for hydroxylation is 1. The Balaban J connectivity index is 1.71. The number of anilines is 1. The highest BCUT2D eigenvalue weighted by atomic mass is 16.3. The summed E-state index contributed by atoms with van der Waals surface area (Å²) in [7, 11) is 0. The van der Waals surface area contributed by atoms with E-state index in [0.717, 1.165) is 16.9 Å². The first-order valence-electron chi connectivity index (χ1n) is 9.00. The summed E-state index contributed by atoms with van der Waals surface area (Å²) in [5.41, 5.74) is 3.20. The van der Waals surface area contributed by atoms with E-state index in [9.17, 15) is 4.79 Å². The summed E-state index contributed by atoms with van der Waals surface area (Å²) in [6.07, 6.45) is 4.90. The molecule has 6 nitrogen and oxygen atoms in total. The van der Waals surface area contributed by atoms with E-state index in [0.29, 0.717) is 23.7 Å². The lowest BCUT2D eigenvalue weighted by Crippen LogP contribution is -2.30. The third kappa shape index (κ3) is 3.44. The van der Waals surface area contributed by atoms with Crippen LogP contribution in [0.25, 0.3) is 5.82 Å². The number of benzene rings is 1. The van der Waals surface area contributed by atoms with Crippen molar-refractivity contribution in [3.05, 3.63) is 95.8 Å². The van der Waals surface area contributed by atoms with Gasteiger partial charge in [-0.2, -0.15) is 5.10 Å². The Labute approximate surface area is 163 Å². The van der Waals surface area contributed by atoms with Crippen molar-refractivity contribution in [2.75, 3.05) is 4.90 Å². The van der Waals surface area contributed by atoms with Gasteiger partial charge in [-0.05, 0) is 50.2 Å². The third-order valence-corrected chi connectivity index (χ3v) is 4.59. The molecule has 6 heteroatoms. The molecule has 0 saturated heterocycles. The zero-order valence-electron chi connectivity index (χ0n) is 15.7. The van der Waals surface area contributed by atoms with Gasteiger partial charge in [-0.15, -0.1) is 0 Å². The van der Waals surface area contributed by atoms with Crippen molar-refractivity contribution in [1.29, 1.82) is 0 Å². The van der Waals surface area contributed by atoms with Crippen molar-refractivity contribution in [3.8, 4) is 5.82 Å². The van der Waals surface area contributed by atoms with Crippen molar-refractivity contribution < 1.29 is 9.21 Å². The lowest BCUT2D eigenvalue weighted by Gasteiger charge is -2.22. The van der Waals surface area contributed by atoms with Gasteiger partial charge in [-0.3, -0.25) is 4.79 Å². The van der Waals surface area contributed by atoms with E-state index in [2.05, 4.69) is 10.1 Å². The molecule has 0 aliphatic heterocycles. The molecule has 0 bridgehead atoms. The summed E-state index contributed by atoms with van der Waals surface area (Å²) < 4.78 is 7.15. The van der Waals surface area contributed by atoms with Crippen molar-refractivity contribution in [3.63, 3.8) is 0 Å². The Morgan fingerprint density at radius 1 is 1.07 bits per heavy atom. The number of nitrogens with zero attached hydrogens (tertiary/aromatic N) is 4. The quantitative estimate of drug-likeness (QED) is 0.523. The topological polar surface area (TPSA) is 64.2 Å². The van der Waals surface area contributed by atoms with Crippen LogP contribution in [0.1, 0.15) is 27.4 Å². The Hall–Kier alpha value is -3.67. The molecule has 4 aromatic rings. The minimum absolute atomic E-state index is 0.139. The van der Waals surface area contributed by atoms with Crippen molar-refractivity contribution in [2.45, 2.75) is 20.4 Å². The third-order valence-electron chi connectivity index (χ3n) is 4.59. The van der Waals surface area contributed by atoms with Crippen molar-refractivity contribution in [2.24, 2.45) is 0 Å². The minimum Gasteiger partial charge on any atom is -0.467 e. The zero-order valence-corrected chi connectivity index (χ0v) is 15.7. The fourth-order valence-electron chi connectivity index (χ4n) is 3.04. The van der Waals surface area contributed by atoms with Gasteiger partial charge < -0.3 is 9.32 Å². The summed E-state index contributed by atoms with van der Waals surface area (Å²) in [6, 6.07) is 17.1. The van der Waals surface area contributed by atoms with Gasteiger partial charge in [0.15, 0.2) is 5.82 Å². The molecule has 0 aliphatic carbocycles. The summed E-state index contributed by atoms with van der Waals surface area (Å²) >= 11 is 0. The number of hydrogen-bond donors (Lipinski definition) is 0. The largest absolute Gasteiger partial charge is 0.467 e. The summed E-state index contributed by atoms with van der Waals surface area (Å²) in [5.74, 6) is 1.25. The number of rotatable bonds is 5. The van der Waals surface area contributed by atoms with Crippen LogP contribution in [0, 0.1) is 13.8 Å². The predicted molar refractivity (Wildman–Crippen MR) is 106 cm³/mol. The lowest BCUT2D eigenvalue weighted by molar-refractivity contribution is 0.0982. The van der Waals surface area contributed by atoms with Crippen molar-refractivity contribution >= 4 is 11.6 Å². The molecule has 0 spiro atoms. The van der Waals surface area contributed by atoms with Crippen LogP contribution in [-0.2, 0) is 6.54 Å². The summed E-state index contributed by atoms with van der Waals surface area (Å²) in [4.78, 5) is 19.4. The van der Waals surface area contributed by atoms with Crippen LogP contribution in [0.2, 0.25) is 0 Å². The predicted octanol–water partition coefficient (Wildman–Crippen LogP) is 4.32. The van der Waals surface area contributed by atoms with Gasteiger partial charge in [0.2, 0.25) is 0 Å². The van der Waals surface area contributed by atoms with Gasteiger partial charge in [0, 0.05) is 11.9 Å². The second kappa shape index (κ2) is 7.52. The molecule has 0 radical (unpaired) electrons. The lowest BCUT2D eigenvalue weighted by atomic mass is 10.1. The first-order valence-corrected chi connectivity index (χ1v) is 9.00. The molecule has 0 unspecified atom stereocenters. The first-order chi connectivity index (χ1) is 13.6. The summed E-state index contributed by atoms with van der Waals surface area (Å²) in [6.45, 7) is 4.22. The zero-order chi connectivity index (χ0) is 19.5. The van der Waals surface area contributed by atoms with E-state index >= 15 is 0 Å². The second-order valence-electron chi connectivity index (χ2n) is 6.55. The highest BCUT2D eigenvalue weighted by Crippen LogP contribution is 2.23. The highest BCUT2D eigenvalue weighted by molar-refractivity contribution is 6.06. The van der Waals surface area contributed by atoms with E-state index in [1.165, 1.54) is 0 Å². The number of carbonyl (C=O) groups excluding carboxylic acids is 1. The maximum absolute atomic E-state index is 13.4. The van der Waals surface area contributed by atoms with Crippen LogP contribution in [0.4, 0.5) is 5.69 Å². The van der Waals surface area contributed by atoms with E-state index in [4.69, 9.17) is 4.42 Å². The average molecular weight is 372 g/mol. The molecule has 3 aromatic heterocycles. The van der Waals surface area contributed by atoms with Gasteiger partial charge in [-0.25, -0.2) is 9.67 Å². The Bertz CT molecular complexity index is 1070. The van der Waals surface area contributed by atoms with Gasteiger partial charge in [0.1, 0.15) is 5.76 Å². The highest BCUT2D eigenvalue weighted by Gasteiger charge is 2.24. The van der Waals surface area contributed by atoms with Gasteiger partial charge in [0.25, 0.3) is 5.91 Å². The van der Waals surface area contributed by atoms with Gasteiger partial charge in [0.05, 0.1) is 30.3 Å². The molecule has 140 valence electrons. The molecular formula is C22H20N4O2. The van der Waals surface area contributed by atoms with E-state index in [-0.39, 0.29) is 5.91 Å². The van der Waals surface area contributed by atoms with E-state index in [1.807, 2.05) is 68.4 Å². The molecule has 1 amide bonds. The van der Waals surface area contributed by atoms with Crippen molar-refractivity contribution in [1.82, 2.24) is 14.8 Å². The monoisotopic (exact) mass is 372 g/mol. The van der Waals surface area contributed by atoms with Crippen LogP contribution in [0.15, 0.2) is 77.7 Å². The van der Waals surface area contributed by atoms with Gasteiger partial charge >= 0.3 is 0 Å². The maximum atomic E-state index is 13.4. The fraction of sp³-hybridized carbons (Fsp3) is 0.136. The number of furan rings is 1. The Morgan fingerprint density at radius 3 is 2.57 bits per heavy atom. The van der Waals surface area contributed by atoms with Crippen LogP contribution < -0.4 is 4.90 Å². The molecule has 0 saturated carbocycles.